The number of hydrogen-bond donors (Lipinski definition) is 1. The summed E-state index contributed by atoms with van der Waals surface area (Å²) in [6.07, 6.45) is 3.58. The lowest BCUT2D eigenvalue weighted by atomic mass is 10.1. The van der Waals surface area contributed by atoms with Crippen LogP contribution in [0.25, 0.3) is 10.2 Å². The van der Waals surface area contributed by atoms with E-state index in [-0.39, 0.29) is 0 Å². The molecule has 0 fully saturated rings. The zero-order valence-corrected chi connectivity index (χ0v) is 12.3. The van der Waals surface area contributed by atoms with Crippen LogP contribution in [0.3, 0.4) is 0 Å². The second-order valence-corrected chi connectivity index (χ2v) is 5.59. The predicted octanol–water partition coefficient (Wildman–Crippen LogP) is 3.34. The third-order valence-electron chi connectivity index (χ3n) is 3.34. The molecule has 0 saturated carbocycles. The first-order valence-electron chi connectivity index (χ1n) is 6.59. The molecule has 1 N–H and O–H groups in total. The van der Waals surface area contributed by atoms with Crippen LogP contribution in [0.15, 0.2) is 22.3 Å². The summed E-state index contributed by atoms with van der Waals surface area (Å²) in [5, 5.41) is 10.5. The van der Waals surface area contributed by atoms with E-state index in [0.29, 0.717) is 0 Å². The van der Waals surface area contributed by atoms with Crippen molar-refractivity contribution >= 4 is 27.4 Å². The maximum atomic E-state index is 5.17. The van der Waals surface area contributed by atoms with Crippen LogP contribution in [0.1, 0.15) is 23.4 Å². The van der Waals surface area contributed by atoms with Crippen molar-refractivity contribution in [2.24, 2.45) is 0 Å². The van der Waals surface area contributed by atoms with Crippen molar-refractivity contribution in [1.29, 1.82) is 0 Å². The first-order valence-corrected chi connectivity index (χ1v) is 7.47. The highest BCUT2D eigenvalue weighted by atomic mass is 32.1. The van der Waals surface area contributed by atoms with Crippen molar-refractivity contribution in [3.8, 4) is 0 Å². The molecule has 0 aliphatic carbocycles. The minimum Gasteiger partial charge on any atom is -0.369 e. The van der Waals surface area contributed by atoms with Crippen LogP contribution in [-0.2, 0) is 6.42 Å². The quantitative estimate of drug-likeness (QED) is 0.729. The molecule has 5 nitrogen and oxygen atoms in total. The van der Waals surface area contributed by atoms with E-state index in [1.54, 1.807) is 17.7 Å². The molecule has 104 valence electrons. The van der Waals surface area contributed by atoms with Gasteiger partial charge in [0.05, 0.1) is 11.1 Å². The van der Waals surface area contributed by atoms with Gasteiger partial charge in [-0.3, -0.25) is 0 Å². The Morgan fingerprint density at radius 1 is 1.30 bits per heavy atom. The van der Waals surface area contributed by atoms with E-state index in [4.69, 9.17) is 4.52 Å². The van der Waals surface area contributed by atoms with Gasteiger partial charge in [-0.25, -0.2) is 9.97 Å². The molecule has 0 bridgehead atoms. The Hall–Kier alpha value is -1.95. The van der Waals surface area contributed by atoms with Crippen molar-refractivity contribution in [3.05, 3.63) is 34.8 Å². The second kappa shape index (κ2) is 5.58. The Morgan fingerprint density at radius 2 is 2.20 bits per heavy atom. The van der Waals surface area contributed by atoms with Crippen molar-refractivity contribution in [2.75, 3.05) is 11.9 Å². The first kappa shape index (κ1) is 13.1. The molecule has 0 saturated heterocycles. The van der Waals surface area contributed by atoms with E-state index < -0.39 is 0 Å². The van der Waals surface area contributed by atoms with Gasteiger partial charge < -0.3 is 9.84 Å². The van der Waals surface area contributed by atoms with E-state index in [1.807, 2.05) is 19.2 Å². The molecule has 3 aromatic heterocycles. The van der Waals surface area contributed by atoms with Gasteiger partial charge in [-0.15, -0.1) is 11.3 Å². The molecule has 3 heterocycles. The molecular formula is C14H16N4OS. The van der Waals surface area contributed by atoms with Crippen molar-refractivity contribution in [3.63, 3.8) is 0 Å². The molecule has 0 aliphatic heterocycles. The van der Waals surface area contributed by atoms with Crippen LogP contribution in [-0.4, -0.2) is 21.7 Å². The van der Waals surface area contributed by atoms with Crippen molar-refractivity contribution < 1.29 is 4.52 Å². The fraction of sp³-hybridized carbons (Fsp3) is 0.357. The van der Waals surface area contributed by atoms with E-state index in [2.05, 4.69) is 26.5 Å². The minimum atomic E-state index is 0.867. The summed E-state index contributed by atoms with van der Waals surface area (Å²) in [4.78, 5) is 9.56. The molecule has 0 amide bonds. The van der Waals surface area contributed by atoms with Crippen LogP contribution < -0.4 is 5.32 Å². The zero-order chi connectivity index (χ0) is 13.9. The van der Waals surface area contributed by atoms with E-state index in [0.717, 1.165) is 46.9 Å². The van der Waals surface area contributed by atoms with Crippen LogP contribution in [0.2, 0.25) is 0 Å². The molecule has 20 heavy (non-hydrogen) atoms. The summed E-state index contributed by atoms with van der Waals surface area (Å²) < 4.78 is 5.17. The number of anilines is 1. The molecule has 0 atom stereocenters. The molecule has 3 aromatic rings. The topological polar surface area (TPSA) is 63.8 Å². The number of nitrogens with zero attached hydrogens (tertiary/aromatic N) is 3. The third-order valence-corrected chi connectivity index (χ3v) is 4.16. The Morgan fingerprint density at radius 3 is 3.00 bits per heavy atom. The van der Waals surface area contributed by atoms with Gasteiger partial charge in [0.15, 0.2) is 0 Å². The van der Waals surface area contributed by atoms with Gasteiger partial charge in [-0.2, -0.15) is 0 Å². The summed E-state index contributed by atoms with van der Waals surface area (Å²) in [5.41, 5.74) is 2.21. The molecular weight excluding hydrogens is 272 g/mol. The van der Waals surface area contributed by atoms with Crippen molar-refractivity contribution in [2.45, 2.75) is 26.7 Å². The van der Waals surface area contributed by atoms with Gasteiger partial charge in [0.2, 0.25) is 0 Å². The molecule has 0 unspecified atom stereocenters. The highest BCUT2D eigenvalue weighted by Crippen LogP contribution is 2.23. The highest BCUT2D eigenvalue weighted by Gasteiger charge is 2.08. The Kier molecular flexibility index (Phi) is 3.64. The molecule has 3 rings (SSSR count). The number of fused-ring (bicyclic) bond motifs is 1. The number of aryl methyl sites for hydroxylation is 2. The zero-order valence-electron chi connectivity index (χ0n) is 11.5. The second-order valence-electron chi connectivity index (χ2n) is 4.69. The van der Waals surface area contributed by atoms with Crippen LogP contribution in [0.4, 0.5) is 5.82 Å². The average Bonchev–Trinajstić information content (AvgIpc) is 3.04. The molecule has 0 spiro atoms. The summed E-state index contributed by atoms with van der Waals surface area (Å²) in [6.45, 7) is 4.81. The Bertz CT molecular complexity index is 699. The Balaban J connectivity index is 1.59. The first-order chi connectivity index (χ1) is 9.75. The fourth-order valence-corrected chi connectivity index (χ4v) is 2.99. The summed E-state index contributed by atoms with van der Waals surface area (Å²) >= 11 is 1.63. The third kappa shape index (κ3) is 2.51. The van der Waals surface area contributed by atoms with Crippen LogP contribution in [0, 0.1) is 13.8 Å². The lowest BCUT2D eigenvalue weighted by molar-refractivity contribution is 0.392. The molecule has 6 heteroatoms. The van der Waals surface area contributed by atoms with Crippen LogP contribution >= 0.6 is 11.3 Å². The van der Waals surface area contributed by atoms with E-state index >= 15 is 0 Å². The SMILES string of the molecule is Cc1noc(C)c1CCCNc1ncnc2sccc12. The average molecular weight is 288 g/mol. The summed E-state index contributed by atoms with van der Waals surface area (Å²) in [6, 6.07) is 2.05. The highest BCUT2D eigenvalue weighted by molar-refractivity contribution is 7.16. The number of thiophene rings is 1. The van der Waals surface area contributed by atoms with Gasteiger partial charge in [0, 0.05) is 12.1 Å². The number of rotatable bonds is 5. The normalized spacial score (nSPS) is 11.1. The summed E-state index contributed by atoms with van der Waals surface area (Å²) in [7, 11) is 0. The lowest BCUT2D eigenvalue weighted by Crippen LogP contribution is -2.05. The standard InChI is InChI=1S/C14H16N4OS/c1-9-11(10(2)19-18-9)4-3-6-15-13-12-5-7-20-14(12)17-8-16-13/h5,7-8H,3-4,6H2,1-2H3,(H,15,16,17). The molecule has 0 aromatic carbocycles. The maximum Gasteiger partial charge on any atom is 0.138 e. The number of nitrogens with one attached hydrogen (secondary N) is 1. The molecule has 0 aliphatic rings. The lowest BCUT2D eigenvalue weighted by Gasteiger charge is -2.06. The van der Waals surface area contributed by atoms with E-state index in [1.165, 1.54) is 5.56 Å². The molecule has 0 radical (unpaired) electrons. The number of hydrogen-bond acceptors (Lipinski definition) is 6. The summed E-state index contributed by atoms with van der Waals surface area (Å²) in [5.74, 6) is 1.83. The van der Waals surface area contributed by atoms with Gasteiger partial charge in [0.25, 0.3) is 0 Å². The fourth-order valence-electron chi connectivity index (χ4n) is 2.26. The van der Waals surface area contributed by atoms with Gasteiger partial charge in [-0.1, -0.05) is 5.16 Å². The Labute approximate surface area is 121 Å². The predicted molar refractivity (Wildman–Crippen MR) is 80.2 cm³/mol. The van der Waals surface area contributed by atoms with Crippen LogP contribution in [0.5, 0.6) is 0 Å². The van der Waals surface area contributed by atoms with Gasteiger partial charge in [0.1, 0.15) is 22.7 Å². The van der Waals surface area contributed by atoms with Crippen molar-refractivity contribution in [1.82, 2.24) is 15.1 Å². The van der Waals surface area contributed by atoms with E-state index in [9.17, 15) is 0 Å². The van der Waals surface area contributed by atoms with Gasteiger partial charge >= 0.3 is 0 Å². The largest absolute Gasteiger partial charge is 0.369 e. The minimum absolute atomic E-state index is 0.867. The van der Waals surface area contributed by atoms with Gasteiger partial charge in [-0.05, 0) is 38.1 Å². The smallest absolute Gasteiger partial charge is 0.138 e. The monoisotopic (exact) mass is 288 g/mol. The maximum absolute atomic E-state index is 5.17. The number of aromatic nitrogens is 3.